The third kappa shape index (κ3) is 2.45. The Morgan fingerprint density at radius 2 is 2.36 bits per heavy atom. The first-order valence-corrected chi connectivity index (χ1v) is 5.30. The fourth-order valence-corrected chi connectivity index (χ4v) is 2.17. The molecule has 0 aliphatic carbocycles. The standard InChI is InChI=1S/C10H19NO3/c1-2-4-9(10(13)14)11-6-3-5-8(11)7-12/h8-9,12H,2-7H2,1H3,(H,13,14)/t8-,9?/m0/s1. The second kappa shape index (κ2) is 5.32. The molecule has 0 radical (unpaired) electrons. The monoisotopic (exact) mass is 201 g/mol. The quantitative estimate of drug-likeness (QED) is 0.687. The van der Waals surface area contributed by atoms with Crippen molar-refractivity contribution in [3.05, 3.63) is 0 Å². The number of nitrogens with zero attached hydrogens (tertiary/aromatic N) is 1. The van der Waals surface area contributed by atoms with E-state index in [2.05, 4.69) is 0 Å². The number of aliphatic hydroxyl groups excluding tert-OH is 1. The Morgan fingerprint density at radius 3 is 2.86 bits per heavy atom. The molecular weight excluding hydrogens is 182 g/mol. The van der Waals surface area contributed by atoms with E-state index in [1.165, 1.54) is 0 Å². The van der Waals surface area contributed by atoms with Gasteiger partial charge in [-0.3, -0.25) is 9.69 Å². The highest BCUT2D eigenvalue weighted by atomic mass is 16.4. The van der Waals surface area contributed by atoms with Gasteiger partial charge in [0.1, 0.15) is 6.04 Å². The Morgan fingerprint density at radius 1 is 1.64 bits per heavy atom. The fraction of sp³-hybridized carbons (Fsp3) is 0.900. The molecule has 0 spiro atoms. The molecule has 1 saturated heterocycles. The van der Waals surface area contributed by atoms with E-state index in [-0.39, 0.29) is 12.6 Å². The van der Waals surface area contributed by atoms with E-state index >= 15 is 0 Å². The van der Waals surface area contributed by atoms with E-state index in [1.54, 1.807) is 0 Å². The lowest BCUT2D eigenvalue weighted by Gasteiger charge is -2.28. The van der Waals surface area contributed by atoms with Crippen molar-refractivity contribution in [1.82, 2.24) is 4.90 Å². The normalized spacial score (nSPS) is 25.1. The van der Waals surface area contributed by atoms with Crippen LogP contribution in [0, 0.1) is 0 Å². The third-order valence-corrected chi connectivity index (χ3v) is 2.88. The summed E-state index contributed by atoms with van der Waals surface area (Å²) in [4.78, 5) is 13.0. The summed E-state index contributed by atoms with van der Waals surface area (Å²) in [6.45, 7) is 2.87. The lowest BCUT2D eigenvalue weighted by molar-refractivity contribution is -0.144. The van der Waals surface area contributed by atoms with Crippen molar-refractivity contribution in [2.75, 3.05) is 13.2 Å². The van der Waals surface area contributed by atoms with Crippen molar-refractivity contribution in [2.24, 2.45) is 0 Å². The highest BCUT2D eigenvalue weighted by Crippen LogP contribution is 2.22. The molecule has 2 atom stereocenters. The molecular formula is C10H19NO3. The number of hydrogen-bond donors (Lipinski definition) is 2. The van der Waals surface area contributed by atoms with Crippen molar-refractivity contribution in [2.45, 2.75) is 44.7 Å². The summed E-state index contributed by atoms with van der Waals surface area (Å²) >= 11 is 0. The maximum Gasteiger partial charge on any atom is 0.320 e. The second-order valence-electron chi connectivity index (χ2n) is 3.86. The fourth-order valence-electron chi connectivity index (χ4n) is 2.17. The van der Waals surface area contributed by atoms with Gasteiger partial charge in [-0.05, 0) is 25.8 Å². The first kappa shape index (κ1) is 11.5. The maximum absolute atomic E-state index is 11.0. The minimum absolute atomic E-state index is 0.0580. The van der Waals surface area contributed by atoms with Gasteiger partial charge in [0.05, 0.1) is 6.61 Å². The summed E-state index contributed by atoms with van der Waals surface area (Å²) in [5.41, 5.74) is 0. The Labute approximate surface area is 84.5 Å². The van der Waals surface area contributed by atoms with Crippen molar-refractivity contribution < 1.29 is 15.0 Å². The van der Waals surface area contributed by atoms with Crippen molar-refractivity contribution in [3.63, 3.8) is 0 Å². The first-order valence-electron chi connectivity index (χ1n) is 5.30. The number of aliphatic hydroxyl groups is 1. The molecule has 0 aromatic heterocycles. The molecule has 0 bridgehead atoms. The van der Waals surface area contributed by atoms with Crippen LogP contribution in [0.2, 0.25) is 0 Å². The molecule has 1 unspecified atom stereocenters. The zero-order valence-electron chi connectivity index (χ0n) is 8.65. The van der Waals surface area contributed by atoms with Gasteiger partial charge in [-0.25, -0.2) is 0 Å². The van der Waals surface area contributed by atoms with Crippen molar-refractivity contribution in [1.29, 1.82) is 0 Å². The highest BCUT2D eigenvalue weighted by Gasteiger charge is 2.33. The van der Waals surface area contributed by atoms with Crippen LogP contribution in [0.1, 0.15) is 32.6 Å². The summed E-state index contributed by atoms with van der Waals surface area (Å²) in [7, 11) is 0. The number of likely N-dealkylation sites (tertiary alicyclic amines) is 1. The van der Waals surface area contributed by atoms with E-state index in [4.69, 9.17) is 10.2 Å². The van der Waals surface area contributed by atoms with Crippen LogP contribution in [0.3, 0.4) is 0 Å². The number of rotatable bonds is 5. The molecule has 0 aromatic rings. The number of aliphatic carboxylic acids is 1. The van der Waals surface area contributed by atoms with Crippen LogP contribution < -0.4 is 0 Å². The number of hydrogen-bond acceptors (Lipinski definition) is 3. The summed E-state index contributed by atoms with van der Waals surface area (Å²) in [5, 5.41) is 18.2. The van der Waals surface area contributed by atoms with Gasteiger partial charge in [-0.15, -0.1) is 0 Å². The molecule has 1 aliphatic rings. The van der Waals surface area contributed by atoms with Crippen LogP contribution in [0.4, 0.5) is 0 Å². The average molecular weight is 201 g/mol. The minimum atomic E-state index is -0.757. The lowest BCUT2D eigenvalue weighted by Crippen LogP contribution is -2.45. The predicted octanol–water partition coefficient (Wildman–Crippen LogP) is 0.696. The largest absolute Gasteiger partial charge is 0.480 e. The molecule has 82 valence electrons. The molecule has 14 heavy (non-hydrogen) atoms. The van der Waals surface area contributed by atoms with Crippen LogP contribution in [-0.2, 0) is 4.79 Å². The number of carboxylic acid groups (broad SMARTS) is 1. The maximum atomic E-state index is 11.0. The van der Waals surface area contributed by atoms with E-state index in [0.29, 0.717) is 6.42 Å². The molecule has 2 N–H and O–H groups in total. The summed E-state index contributed by atoms with van der Waals surface area (Å²) in [6, 6.07) is -0.345. The molecule has 0 saturated carbocycles. The predicted molar refractivity (Wildman–Crippen MR) is 53.1 cm³/mol. The molecule has 0 aromatic carbocycles. The number of carboxylic acids is 1. The van der Waals surface area contributed by atoms with Gasteiger partial charge >= 0.3 is 5.97 Å². The zero-order chi connectivity index (χ0) is 10.6. The van der Waals surface area contributed by atoms with Gasteiger partial charge in [-0.2, -0.15) is 0 Å². The van der Waals surface area contributed by atoms with Gasteiger partial charge in [0.25, 0.3) is 0 Å². The van der Waals surface area contributed by atoms with E-state index in [0.717, 1.165) is 25.8 Å². The van der Waals surface area contributed by atoms with E-state index < -0.39 is 12.0 Å². The van der Waals surface area contributed by atoms with Crippen molar-refractivity contribution >= 4 is 5.97 Å². The Kier molecular flexibility index (Phi) is 4.35. The van der Waals surface area contributed by atoms with Gasteiger partial charge in [0.15, 0.2) is 0 Å². The topological polar surface area (TPSA) is 60.8 Å². The summed E-state index contributed by atoms with van der Waals surface area (Å²) in [5.74, 6) is -0.757. The Hall–Kier alpha value is -0.610. The smallest absolute Gasteiger partial charge is 0.320 e. The van der Waals surface area contributed by atoms with Gasteiger partial charge in [0, 0.05) is 6.04 Å². The van der Waals surface area contributed by atoms with Crippen LogP contribution in [0.25, 0.3) is 0 Å². The van der Waals surface area contributed by atoms with Crippen LogP contribution in [-0.4, -0.2) is 46.3 Å². The zero-order valence-corrected chi connectivity index (χ0v) is 8.65. The minimum Gasteiger partial charge on any atom is -0.480 e. The first-order chi connectivity index (χ1) is 6.70. The molecule has 1 aliphatic heterocycles. The van der Waals surface area contributed by atoms with E-state index in [9.17, 15) is 4.79 Å². The molecule has 1 rings (SSSR count). The van der Waals surface area contributed by atoms with E-state index in [1.807, 2.05) is 11.8 Å². The SMILES string of the molecule is CCCC(C(=O)O)N1CCC[C@H]1CO. The Balaban J connectivity index is 2.61. The van der Waals surface area contributed by atoms with Gasteiger partial charge in [0.2, 0.25) is 0 Å². The molecule has 0 amide bonds. The van der Waals surface area contributed by atoms with Gasteiger partial charge in [-0.1, -0.05) is 13.3 Å². The van der Waals surface area contributed by atoms with Crippen LogP contribution in [0.5, 0.6) is 0 Å². The Bertz CT molecular complexity index is 196. The van der Waals surface area contributed by atoms with Crippen LogP contribution in [0.15, 0.2) is 0 Å². The van der Waals surface area contributed by atoms with Crippen molar-refractivity contribution in [3.8, 4) is 0 Å². The number of carbonyl (C=O) groups is 1. The lowest BCUT2D eigenvalue weighted by atomic mass is 10.1. The van der Waals surface area contributed by atoms with Crippen LogP contribution >= 0.6 is 0 Å². The molecule has 4 heteroatoms. The highest BCUT2D eigenvalue weighted by molar-refractivity contribution is 5.73. The third-order valence-electron chi connectivity index (χ3n) is 2.88. The molecule has 4 nitrogen and oxygen atoms in total. The van der Waals surface area contributed by atoms with Gasteiger partial charge < -0.3 is 10.2 Å². The average Bonchev–Trinajstić information content (AvgIpc) is 2.61. The molecule has 1 heterocycles. The second-order valence-corrected chi connectivity index (χ2v) is 3.86. The summed E-state index contributed by atoms with van der Waals surface area (Å²) in [6.07, 6.45) is 3.46. The summed E-state index contributed by atoms with van der Waals surface area (Å²) < 4.78 is 0. The molecule has 1 fully saturated rings.